The summed E-state index contributed by atoms with van der Waals surface area (Å²) in [5.74, 6) is 0.995. The molecule has 1 N–H and O–H groups in total. The van der Waals surface area contributed by atoms with Gasteiger partial charge in [0.05, 0.1) is 5.69 Å². The Morgan fingerprint density at radius 2 is 1.86 bits per heavy atom. The molecule has 1 aromatic carbocycles. The van der Waals surface area contributed by atoms with E-state index >= 15 is 0 Å². The van der Waals surface area contributed by atoms with Crippen LogP contribution in [0.2, 0.25) is 0 Å². The number of hydrogen-bond donors (Lipinski definition) is 1. The molecule has 110 valence electrons. The van der Waals surface area contributed by atoms with Crippen LogP contribution in [0.15, 0.2) is 36.4 Å². The van der Waals surface area contributed by atoms with Gasteiger partial charge in [0.1, 0.15) is 5.82 Å². The third-order valence-electron chi connectivity index (χ3n) is 3.88. The van der Waals surface area contributed by atoms with Gasteiger partial charge in [-0.3, -0.25) is 0 Å². The zero-order chi connectivity index (χ0) is 14.8. The summed E-state index contributed by atoms with van der Waals surface area (Å²) in [7, 11) is 2.08. The minimum absolute atomic E-state index is 0.715. The molecule has 0 unspecified atom stereocenters. The van der Waals surface area contributed by atoms with E-state index in [1.54, 1.807) is 0 Å². The van der Waals surface area contributed by atoms with E-state index in [2.05, 4.69) is 67.5 Å². The Labute approximate surface area is 127 Å². The van der Waals surface area contributed by atoms with Crippen molar-refractivity contribution in [1.82, 2.24) is 10.3 Å². The Morgan fingerprint density at radius 1 is 1.14 bits per heavy atom. The second-order valence-electron chi connectivity index (χ2n) is 6.05. The molecule has 1 aliphatic carbocycles. The average Bonchev–Trinajstić information content (AvgIpc) is 3.28. The zero-order valence-electron chi connectivity index (χ0n) is 13.1. The van der Waals surface area contributed by atoms with Crippen molar-refractivity contribution < 1.29 is 0 Å². The number of aryl methyl sites for hydroxylation is 2. The number of benzene rings is 1. The Bertz CT molecular complexity index is 612. The monoisotopic (exact) mass is 281 g/mol. The molecule has 3 heteroatoms. The molecule has 2 aromatic rings. The van der Waals surface area contributed by atoms with Crippen LogP contribution in [-0.2, 0) is 6.54 Å². The summed E-state index contributed by atoms with van der Waals surface area (Å²) in [6.45, 7) is 5.13. The fourth-order valence-electron chi connectivity index (χ4n) is 2.57. The summed E-state index contributed by atoms with van der Waals surface area (Å²) in [6, 6.07) is 13.6. The molecule has 0 saturated heterocycles. The van der Waals surface area contributed by atoms with Gasteiger partial charge in [0.15, 0.2) is 0 Å². The largest absolute Gasteiger partial charge is 0.329 e. The van der Waals surface area contributed by atoms with Crippen LogP contribution in [0.5, 0.6) is 0 Å². The molecule has 1 fully saturated rings. The number of rotatable bonds is 5. The van der Waals surface area contributed by atoms with Crippen molar-refractivity contribution >= 4 is 11.5 Å². The second-order valence-corrected chi connectivity index (χ2v) is 6.05. The molecule has 3 nitrogen and oxygen atoms in total. The maximum Gasteiger partial charge on any atom is 0.133 e. The van der Waals surface area contributed by atoms with Gasteiger partial charge in [-0.25, -0.2) is 4.98 Å². The predicted molar refractivity (Wildman–Crippen MR) is 88.1 cm³/mol. The second kappa shape index (κ2) is 5.86. The predicted octanol–water partition coefficient (Wildman–Crippen LogP) is 3.72. The highest BCUT2D eigenvalue weighted by Crippen LogP contribution is 2.24. The number of hydrogen-bond acceptors (Lipinski definition) is 3. The first-order valence-corrected chi connectivity index (χ1v) is 7.63. The SMILES string of the molecule is Cc1cc(C)cc(N(C)c2cccc(CNC3CC3)n2)c1. The van der Waals surface area contributed by atoms with Crippen molar-refractivity contribution in [3.63, 3.8) is 0 Å². The fourth-order valence-corrected chi connectivity index (χ4v) is 2.57. The summed E-state index contributed by atoms with van der Waals surface area (Å²) in [4.78, 5) is 6.92. The van der Waals surface area contributed by atoms with Crippen molar-refractivity contribution in [2.75, 3.05) is 11.9 Å². The van der Waals surface area contributed by atoms with Crippen molar-refractivity contribution in [1.29, 1.82) is 0 Å². The van der Waals surface area contributed by atoms with Crippen LogP contribution in [0.25, 0.3) is 0 Å². The van der Waals surface area contributed by atoms with E-state index < -0.39 is 0 Å². The van der Waals surface area contributed by atoms with Crippen LogP contribution >= 0.6 is 0 Å². The van der Waals surface area contributed by atoms with Gasteiger partial charge < -0.3 is 10.2 Å². The summed E-state index contributed by atoms with van der Waals surface area (Å²) in [6.07, 6.45) is 2.62. The van der Waals surface area contributed by atoms with Crippen molar-refractivity contribution in [2.24, 2.45) is 0 Å². The molecule has 1 saturated carbocycles. The molecule has 21 heavy (non-hydrogen) atoms. The van der Waals surface area contributed by atoms with Crippen LogP contribution in [0, 0.1) is 13.8 Å². The first kappa shape index (κ1) is 14.1. The standard InChI is InChI=1S/C18H23N3/c1-13-9-14(2)11-17(10-13)21(3)18-6-4-5-16(20-18)12-19-15-7-8-15/h4-6,9-11,15,19H,7-8,12H2,1-3H3. The number of aromatic nitrogens is 1. The molecule has 0 spiro atoms. The summed E-state index contributed by atoms with van der Waals surface area (Å²) in [5, 5.41) is 3.52. The molecule has 0 bridgehead atoms. The summed E-state index contributed by atoms with van der Waals surface area (Å²) in [5.41, 5.74) is 4.86. The minimum Gasteiger partial charge on any atom is -0.329 e. The van der Waals surface area contributed by atoms with Gasteiger partial charge in [0.25, 0.3) is 0 Å². The van der Waals surface area contributed by atoms with Gasteiger partial charge >= 0.3 is 0 Å². The Balaban J connectivity index is 1.79. The lowest BCUT2D eigenvalue weighted by Gasteiger charge is -2.20. The quantitative estimate of drug-likeness (QED) is 0.905. The molecule has 0 atom stereocenters. The van der Waals surface area contributed by atoms with Gasteiger partial charge in [-0.05, 0) is 62.1 Å². The molecule has 1 aromatic heterocycles. The zero-order valence-corrected chi connectivity index (χ0v) is 13.1. The van der Waals surface area contributed by atoms with Gasteiger partial charge in [-0.2, -0.15) is 0 Å². The highest BCUT2D eigenvalue weighted by atomic mass is 15.2. The molecule has 3 rings (SSSR count). The number of nitrogens with zero attached hydrogens (tertiary/aromatic N) is 2. The van der Waals surface area contributed by atoms with Crippen LogP contribution in [-0.4, -0.2) is 18.1 Å². The van der Waals surface area contributed by atoms with E-state index in [4.69, 9.17) is 4.98 Å². The first-order chi connectivity index (χ1) is 10.1. The summed E-state index contributed by atoms with van der Waals surface area (Å²) >= 11 is 0. The normalized spacial score (nSPS) is 14.2. The molecule has 1 heterocycles. The average molecular weight is 281 g/mol. The third-order valence-corrected chi connectivity index (χ3v) is 3.88. The minimum atomic E-state index is 0.715. The van der Waals surface area contributed by atoms with Crippen molar-refractivity contribution in [3.8, 4) is 0 Å². The Morgan fingerprint density at radius 3 is 2.52 bits per heavy atom. The molecule has 0 amide bonds. The molecule has 0 aliphatic heterocycles. The van der Waals surface area contributed by atoms with Gasteiger partial charge in [0.2, 0.25) is 0 Å². The van der Waals surface area contributed by atoms with E-state index in [0.29, 0.717) is 6.04 Å². The molecule has 1 aliphatic rings. The fraction of sp³-hybridized carbons (Fsp3) is 0.389. The lowest BCUT2D eigenvalue weighted by Crippen LogP contribution is -2.18. The topological polar surface area (TPSA) is 28.2 Å². The number of nitrogens with one attached hydrogen (secondary N) is 1. The van der Waals surface area contributed by atoms with Gasteiger partial charge in [-0.1, -0.05) is 12.1 Å². The third kappa shape index (κ3) is 3.61. The van der Waals surface area contributed by atoms with Crippen LogP contribution in [0.4, 0.5) is 11.5 Å². The van der Waals surface area contributed by atoms with Gasteiger partial charge in [0, 0.05) is 25.3 Å². The lowest BCUT2D eigenvalue weighted by atomic mass is 10.1. The molecular formula is C18H23N3. The highest BCUT2D eigenvalue weighted by molar-refractivity contribution is 5.61. The Kier molecular flexibility index (Phi) is 3.93. The van der Waals surface area contributed by atoms with E-state index in [1.807, 2.05) is 0 Å². The highest BCUT2D eigenvalue weighted by Gasteiger charge is 2.20. The van der Waals surface area contributed by atoms with Crippen LogP contribution in [0.1, 0.15) is 29.7 Å². The number of pyridine rings is 1. The van der Waals surface area contributed by atoms with Crippen molar-refractivity contribution in [2.45, 2.75) is 39.3 Å². The van der Waals surface area contributed by atoms with E-state index in [-0.39, 0.29) is 0 Å². The molecule has 0 radical (unpaired) electrons. The maximum atomic E-state index is 4.77. The van der Waals surface area contributed by atoms with Crippen LogP contribution < -0.4 is 10.2 Å². The smallest absolute Gasteiger partial charge is 0.133 e. The Hall–Kier alpha value is -1.87. The lowest BCUT2D eigenvalue weighted by molar-refractivity contribution is 0.674. The van der Waals surface area contributed by atoms with Crippen LogP contribution in [0.3, 0.4) is 0 Å². The number of anilines is 2. The molecular weight excluding hydrogens is 258 g/mol. The van der Waals surface area contributed by atoms with E-state index in [0.717, 1.165) is 18.1 Å². The summed E-state index contributed by atoms with van der Waals surface area (Å²) < 4.78 is 0. The van der Waals surface area contributed by atoms with E-state index in [9.17, 15) is 0 Å². The maximum absolute atomic E-state index is 4.77. The first-order valence-electron chi connectivity index (χ1n) is 7.63. The van der Waals surface area contributed by atoms with E-state index in [1.165, 1.54) is 29.7 Å². The van der Waals surface area contributed by atoms with Gasteiger partial charge in [-0.15, -0.1) is 0 Å². The van der Waals surface area contributed by atoms with Crippen molar-refractivity contribution in [3.05, 3.63) is 53.2 Å².